The van der Waals surface area contributed by atoms with Gasteiger partial charge in [-0.25, -0.2) is 4.68 Å². The van der Waals surface area contributed by atoms with Crippen LogP contribution in [0.3, 0.4) is 0 Å². The Labute approximate surface area is 118 Å². The fourth-order valence-electron chi connectivity index (χ4n) is 1.81. The summed E-state index contributed by atoms with van der Waals surface area (Å²) in [5.74, 6) is 0.912. The van der Waals surface area contributed by atoms with Gasteiger partial charge >= 0.3 is 0 Å². The lowest BCUT2D eigenvalue weighted by molar-refractivity contribution is 0.384. The van der Waals surface area contributed by atoms with Gasteiger partial charge in [-0.3, -0.25) is 4.79 Å². The van der Waals surface area contributed by atoms with Gasteiger partial charge in [-0.15, -0.1) is 11.3 Å². The number of hydrogen-bond donors (Lipinski definition) is 0. The van der Waals surface area contributed by atoms with Crippen LogP contribution in [0, 0.1) is 13.8 Å². The molecule has 0 aliphatic rings. The minimum absolute atomic E-state index is 0.190. The number of rotatable bonds is 3. The number of hydrogen-bond acceptors (Lipinski definition) is 6. The van der Waals surface area contributed by atoms with Gasteiger partial charge in [0.25, 0.3) is 5.56 Å². The first-order valence-electron chi connectivity index (χ1n) is 6.06. The molecule has 6 nitrogen and oxygen atoms in total. The molecule has 3 heterocycles. The first-order chi connectivity index (χ1) is 9.61. The second-order valence-electron chi connectivity index (χ2n) is 4.35. The highest BCUT2D eigenvalue weighted by Crippen LogP contribution is 2.24. The predicted molar refractivity (Wildman–Crippen MR) is 74.7 cm³/mol. The van der Waals surface area contributed by atoms with Crippen molar-refractivity contribution < 1.29 is 4.52 Å². The van der Waals surface area contributed by atoms with Gasteiger partial charge < -0.3 is 4.52 Å². The van der Waals surface area contributed by atoms with E-state index < -0.39 is 0 Å². The third kappa shape index (κ3) is 2.53. The van der Waals surface area contributed by atoms with E-state index in [1.54, 1.807) is 24.3 Å². The van der Waals surface area contributed by atoms with Crippen molar-refractivity contribution in [1.82, 2.24) is 19.9 Å². The summed E-state index contributed by atoms with van der Waals surface area (Å²) in [5, 5.41) is 8.13. The molecular weight excluding hydrogens is 276 g/mol. The van der Waals surface area contributed by atoms with E-state index in [9.17, 15) is 4.79 Å². The maximum Gasteiger partial charge on any atom is 0.267 e. The van der Waals surface area contributed by atoms with Crippen LogP contribution in [0.2, 0.25) is 0 Å². The van der Waals surface area contributed by atoms with Crippen molar-refractivity contribution >= 4 is 11.3 Å². The lowest BCUT2D eigenvalue weighted by Gasteiger charge is -2.03. The molecule has 0 saturated carbocycles. The molecule has 3 aromatic rings. The summed E-state index contributed by atoms with van der Waals surface area (Å²) < 4.78 is 6.23. The van der Waals surface area contributed by atoms with Crippen LogP contribution < -0.4 is 5.56 Å². The monoisotopic (exact) mass is 288 g/mol. The lowest BCUT2D eigenvalue weighted by Crippen LogP contribution is -2.23. The molecule has 0 amide bonds. The SMILES string of the molecule is Cc1nc(Cn2nc(-c3ccc(C)s3)ccc2=O)no1. The van der Waals surface area contributed by atoms with E-state index in [0.29, 0.717) is 11.7 Å². The fourth-order valence-corrected chi connectivity index (χ4v) is 2.64. The van der Waals surface area contributed by atoms with Gasteiger partial charge in [-0.05, 0) is 25.1 Å². The van der Waals surface area contributed by atoms with Crippen LogP contribution in [0.4, 0.5) is 0 Å². The van der Waals surface area contributed by atoms with Gasteiger partial charge in [0.2, 0.25) is 5.89 Å². The van der Waals surface area contributed by atoms with Crippen LogP contribution in [0.5, 0.6) is 0 Å². The molecule has 0 bridgehead atoms. The molecule has 3 rings (SSSR count). The van der Waals surface area contributed by atoms with E-state index in [1.165, 1.54) is 15.6 Å². The second kappa shape index (κ2) is 5.01. The Morgan fingerprint density at radius 2 is 2.10 bits per heavy atom. The summed E-state index contributed by atoms with van der Waals surface area (Å²) in [6, 6.07) is 7.26. The van der Waals surface area contributed by atoms with Crippen LogP contribution in [0.1, 0.15) is 16.6 Å². The molecule has 0 aliphatic heterocycles. The molecule has 0 fully saturated rings. The van der Waals surface area contributed by atoms with Gasteiger partial charge in [-0.1, -0.05) is 5.16 Å². The van der Waals surface area contributed by atoms with Crippen molar-refractivity contribution in [1.29, 1.82) is 0 Å². The summed E-state index contributed by atoms with van der Waals surface area (Å²) in [5.41, 5.74) is 0.576. The van der Waals surface area contributed by atoms with E-state index in [-0.39, 0.29) is 12.1 Å². The standard InChI is InChI=1S/C13H12N4O2S/c1-8-3-5-11(20-8)10-4-6-13(18)17(15-10)7-12-14-9(2)19-16-12/h3-6H,7H2,1-2H3. The molecule has 0 spiro atoms. The predicted octanol–water partition coefficient (Wildman–Crippen LogP) is 2.02. The van der Waals surface area contributed by atoms with Crippen LogP contribution in [0.25, 0.3) is 10.6 Å². The molecule has 0 atom stereocenters. The maximum absolute atomic E-state index is 11.8. The van der Waals surface area contributed by atoms with Gasteiger partial charge in [0.1, 0.15) is 12.2 Å². The Balaban J connectivity index is 1.96. The average molecular weight is 288 g/mol. The van der Waals surface area contributed by atoms with E-state index >= 15 is 0 Å². The normalized spacial score (nSPS) is 10.9. The third-order valence-electron chi connectivity index (χ3n) is 2.72. The van der Waals surface area contributed by atoms with Crippen LogP contribution >= 0.6 is 11.3 Å². The lowest BCUT2D eigenvalue weighted by atomic mass is 10.3. The molecule has 7 heteroatoms. The summed E-state index contributed by atoms with van der Waals surface area (Å²) in [6.45, 7) is 3.94. The Bertz CT molecular complexity index is 803. The van der Waals surface area contributed by atoms with Gasteiger partial charge in [-0.2, -0.15) is 10.1 Å². The largest absolute Gasteiger partial charge is 0.340 e. The summed E-state index contributed by atoms with van der Waals surface area (Å²) in [4.78, 5) is 18.1. The Morgan fingerprint density at radius 1 is 1.25 bits per heavy atom. The van der Waals surface area contributed by atoms with Crippen molar-refractivity contribution in [2.75, 3.05) is 0 Å². The van der Waals surface area contributed by atoms with E-state index in [2.05, 4.69) is 15.2 Å². The Kier molecular flexibility index (Phi) is 3.19. The molecule has 0 radical (unpaired) electrons. The van der Waals surface area contributed by atoms with Crippen LogP contribution in [-0.2, 0) is 6.54 Å². The first-order valence-corrected chi connectivity index (χ1v) is 6.87. The molecule has 0 unspecified atom stereocenters. The van der Waals surface area contributed by atoms with E-state index in [0.717, 1.165) is 10.6 Å². The molecule has 0 aromatic carbocycles. The van der Waals surface area contributed by atoms with Gasteiger partial charge in [0.05, 0.1) is 4.88 Å². The Hall–Kier alpha value is -2.28. The minimum atomic E-state index is -0.190. The smallest absolute Gasteiger partial charge is 0.267 e. The molecular formula is C13H12N4O2S. The quantitative estimate of drug-likeness (QED) is 0.737. The van der Waals surface area contributed by atoms with Crippen molar-refractivity contribution in [2.24, 2.45) is 0 Å². The molecule has 0 N–H and O–H groups in total. The van der Waals surface area contributed by atoms with Crippen molar-refractivity contribution in [2.45, 2.75) is 20.4 Å². The number of aromatic nitrogens is 4. The van der Waals surface area contributed by atoms with E-state index in [1.807, 2.05) is 19.1 Å². The van der Waals surface area contributed by atoms with Crippen molar-refractivity contribution in [3.05, 3.63) is 51.2 Å². The average Bonchev–Trinajstić information content (AvgIpc) is 3.01. The first kappa shape index (κ1) is 12.7. The highest BCUT2D eigenvalue weighted by molar-refractivity contribution is 7.15. The summed E-state index contributed by atoms with van der Waals surface area (Å²) >= 11 is 1.64. The van der Waals surface area contributed by atoms with E-state index in [4.69, 9.17) is 4.52 Å². The van der Waals surface area contributed by atoms with Gasteiger partial charge in [0.15, 0.2) is 5.82 Å². The highest BCUT2D eigenvalue weighted by atomic mass is 32.1. The van der Waals surface area contributed by atoms with Crippen molar-refractivity contribution in [3.8, 4) is 10.6 Å². The second-order valence-corrected chi connectivity index (χ2v) is 5.64. The number of aryl methyl sites for hydroxylation is 2. The number of thiophene rings is 1. The minimum Gasteiger partial charge on any atom is -0.340 e. The fraction of sp³-hybridized carbons (Fsp3) is 0.231. The van der Waals surface area contributed by atoms with Crippen molar-refractivity contribution in [3.63, 3.8) is 0 Å². The molecule has 0 saturated heterocycles. The maximum atomic E-state index is 11.8. The zero-order valence-corrected chi connectivity index (χ0v) is 11.8. The van der Waals surface area contributed by atoms with Gasteiger partial charge in [0, 0.05) is 17.9 Å². The summed E-state index contributed by atoms with van der Waals surface area (Å²) in [6.07, 6.45) is 0. The third-order valence-corrected chi connectivity index (χ3v) is 3.74. The highest BCUT2D eigenvalue weighted by Gasteiger charge is 2.09. The topological polar surface area (TPSA) is 73.8 Å². The molecule has 20 heavy (non-hydrogen) atoms. The molecule has 3 aromatic heterocycles. The zero-order valence-electron chi connectivity index (χ0n) is 11.0. The Morgan fingerprint density at radius 3 is 2.75 bits per heavy atom. The van der Waals surface area contributed by atoms with Crippen LogP contribution in [-0.4, -0.2) is 19.9 Å². The number of nitrogens with zero attached hydrogens (tertiary/aromatic N) is 4. The zero-order chi connectivity index (χ0) is 14.1. The van der Waals surface area contributed by atoms with Crippen LogP contribution in [0.15, 0.2) is 33.6 Å². The summed E-state index contributed by atoms with van der Waals surface area (Å²) in [7, 11) is 0. The molecule has 0 aliphatic carbocycles. The molecule has 102 valence electrons.